The molecule has 0 unspecified atom stereocenters. The lowest BCUT2D eigenvalue weighted by atomic mass is 10.1. The highest BCUT2D eigenvalue weighted by Gasteiger charge is 2.20. The molecular weight excluding hydrogens is 280 g/mol. The van der Waals surface area contributed by atoms with Crippen LogP contribution in [0.1, 0.15) is 26.6 Å². The molecule has 0 aliphatic rings. The van der Waals surface area contributed by atoms with Gasteiger partial charge in [0.25, 0.3) is 0 Å². The number of thiophene rings is 1. The van der Waals surface area contributed by atoms with Crippen molar-refractivity contribution in [3.05, 3.63) is 56.4 Å². The average Bonchev–Trinajstić information content (AvgIpc) is 2.93. The van der Waals surface area contributed by atoms with Crippen LogP contribution in [0.2, 0.25) is 4.34 Å². The van der Waals surface area contributed by atoms with Gasteiger partial charge in [-0.05, 0) is 37.6 Å². The quantitative estimate of drug-likeness (QED) is 0.622. The molecule has 0 amide bonds. The van der Waals surface area contributed by atoms with Crippen LogP contribution in [0.3, 0.4) is 0 Å². The van der Waals surface area contributed by atoms with Gasteiger partial charge >= 0.3 is 0 Å². The number of fused-ring (bicyclic) bond motifs is 1. The first-order valence-corrected chi connectivity index (χ1v) is 7.05. The number of carbonyl (C=O) groups excluding carboxylic acids is 1. The molecule has 96 valence electrons. The third-order valence-electron chi connectivity index (χ3n) is 3.10. The Kier molecular flexibility index (Phi) is 2.96. The minimum absolute atomic E-state index is 0.108. The molecule has 19 heavy (non-hydrogen) atoms. The Morgan fingerprint density at radius 1 is 1.21 bits per heavy atom. The Balaban J connectivity index is 2.15. The Morgan fingerprint density at radius 3 is 2.68 bits per heavy atom. The Bertz CT molecular complexity index is 783. The minimum atomic E-state index is -0.108. The number of aryl methyl sites for hydroxylation is 2. The van der Waals surface area contributed by atoms with Crippen molar-refractivity contribution in [2.45, 2.75) is 13.8 Å². The molecule has 2 heterocycles. The summed E-state index contributed by atoms with van der Waals surface area (Å²) in [4.78, 5) is 13.0. The molecule has 0 saturated carbocycles. The topological polar surface area (TPSA) is 30.2 Å². The highest BCUT2D eigenvalue weighted by atomic mass is 35.5. The molecule has 0 saturated heterocycles. The van der Waals surface area contributed by atoms with Gasteiger partial charge in [-0.15, -0.1) is 11.3 Å². The number of rotatable bonds is 2. The van der Waals surface area contributed by atoms with E-state index in [9.17, 15) is 4.79 Å². The van der Waals surface area contributed by atoms with Crippen LogP contribution in [0, 0.1) is 13.8 Å². The van der Waals surface area contributed by atoms with Crippen molar-refractivity contribution in [2.75, 3.05) is 0 Å². The SMILES string of the molecule is Cc1ccc2c(C)c(C(=O)c3ccc(Cl)s3)oc2c1. The summed E-state index contributed by atoms with van der Waals surface area (Å²) in [5.74, 6) is 0.294. The van der Waals surface area contributed by atoms with Crippen LogP contribution in [-0.2, 0) is 0 Å². The third kappa shape index (κ3) is 2.09. The molecule has 0 fully saturated rings. The van der Waals surface area contributed by atoms with Crippen LogP contribution >= 0.6 is 22.9 Å². The fourth-order valence-electron chi connectivity index (χ4n) is 2.10. The van der Waals surface area contributed by atoms with E-state index in [0.717, 1.165) is 22.1 Å². The first-order chi connectivity index (χ1) is 9.06. The number of carbonyl (C=O) groups is 1. The summed E-state index contributed by atoms with van der Waals surface area (Å²) in [7, 11) is 0. The van der Waals surface area contributed by atoms with Crippen LogP contribution in [0.15, 0.2) is 34.7 Å². The molecule has 0 N–H and O–H groups in total. The van der Waals surface area contributed by atoms with E-state index in [1.54, 1.807) is 12.1 Å². The lowest BCUT2D eigenvalue weighted by Crippen LogP contribution is -1.98. The predicted octanol–water partition coefficient (Wildman–Crippen LogP) is 5.00. The summed E-state index contributed by atoms with van der Waals surface area (Å²) >= 11 is 7.14. The summed E-state index contributed by atoms with van der Waals surface area (Å²) in [5, 5.41) is 0.983. The molecule has 0 atom stereocenters. The molecule has 1 aromatic carbocycles. The first kappa shape index (κ1) is 12.5. The second kappa shape index (κ2) is 4.51. The number of hydrogen-bond acceptors (Lipinski definition) is 3. The highest BCUT2D eigenvalue weighted by molar-refractivity contribution is 7.18. The van der Waals surface area contributed by atoms with E-state index in [1.165, 1.54) is 11.3 Å². The average molecular weight is 291 g/mol. The molecule has 0 bridgehead atoms. The van der Waals surface area contributed by atoms with Gasteiger partial charge in [-0.1, -0.05) is 23.7 Å². The zero-order chi connectivity index (χ0) is 13.6. The molecule has 0 spiro atoms. The molecular formula is C15H11ClO2S. The van der Waals surface area contributed by atoms with Crippen molar-refractivity contribution < 1.29 is 9.21 Å². The molecule has 2 nitrogen and oxygen atoms in total. The lowest BCUT2D eigenvalue weighted by molar-refractivity contribution is 0.101. The second-order valence-corrected chi connectivity index (χ2v) is 6.20. The van der Waals surface area contributed by atoms with Crippen molar-refractivity contribution in [1.29, 1.82) is 0 Å². The second-order valence-electron chi connectivity index (χ2n) is 4.49. The monoisotopic (exact) mass is 290 g/mol. The molecule has 3 rings (SSSR count). The number of halogens is 1. The van der Waals surface area contributed by atoms with E-state index in [0.29, 0.717) is 15.0 Å². The fourth-order valence-corrected chi connectivity index (χ4v) is 3.08. The summed E-state index contributed by atoms with van der Waals surface area (Å²) in [6, 6.07) is 9.40. The van der Waals surface area contributed by atoms with Gasteiger partial charge in [0, 0.05) is 10.9 Å². The number of hydrogen-bond donors (Lipinski definition) is 0. The molecule has 3 aromatic rings. The molecule has 2 aromatic heterocycles. The molecule has 0 radical (unpaired) electrons. The lowest BCUT2D eigenvalue weighted by Gasteiger charge is -1.94. The summed E-state index contributed by atoms with van der Waals surface area (Å²) < 4.78 is 6.32. The van der Waals surface area contributed by atoms with Gasteiger partial charge in [0.05, 0.1) is 9.21 Å². The Morgan fingerprint density at radius 2 is 2.00 bits per heavy atom. The smallest absolute Gasteiger partial charge is 0.238 e. The van der Waals surface area contributed by atoms with Crippen LogP contribution in [0.4, 0.5) is 0 Å². The first-order valence-electron chi connectivity index (χ1n) is 5.86. The van der Waals surface area contributed by atoms with Gasteiger partial charge < -0.3 is 4.42 Å². The summed E-state index contributed by atoms with van der Waals surface area (Å²) in [6.45, 7) is 3.90. The summed E-state index contributed by atoms with van der Waals surface area (Å²) in [6.07, 6.45) is 0. The van der Waals surface area contributed by atoms with Gasteiger partial charge in [-0.3, -0.25) is 4.79 Å². The maximum absolute atomic E-state index is 12.4. The maximum atomic E-state index is 12.4. The van der Waals surface area contributed by atoms with E-state index in [-0.39, 0.29) is 5.78 Å². The van der Waals surface area contributed by atoms with E-state index in [2.05, 4.69) is 0 Å². The molecule has 0 aliphatic heterocycles. The van der Waals surface area contributed by atoms with E-state index in [4.69, 9.17) is 16.0 Å². The molecule has 0 aliphatic carbocycles. The van der Waals surface area contributed by atoms with Gasteiger partial charge in [0.15, 0.2) is 5.76 Å². The number of benzene rings is 1. The van der Waals surface area contributed by atoms with Crippen LogP contribution in [0.5, 0.6) is 0 Å². The van der Waals surface area contributed by atoms with E-state index in [1.807, 2.05) is 32.0 Å². The van der Waals surface area contributed by atoms with Crippen LogP contribution in [-0.4, -0.2) is 5.78 Å². The normalized spacial score (nSPS) is 11.1. The van der Waals surface area contributed by atoms with Crippen LogP contribution in [0.25, 0.3) is 11.0 Å². The number of furan rings is 1. The van der Waals surface area contributed by atoms with Crippen molar-refractivity contribution >= 4 is 39.7 Å². The van der Waals surface area contributed by atoms with Gasteiger partial charge in [-0.2, -0.15) is 0 Å². The van der Waals surface area contributed by atoms with Crippen molar-refractivity contribution in [3.8, 4) is 0 Å². The van der Waals surface area contributed by atoms with Crippen LogP contribution < -0.4 is 0 Å². The minimum Gasteiger partial charge on any atom is -0.452 e. The third-order valence-corrected chi connectivity index (χ3v) is 4.33. The van der Waals surface area contributed by atoms with E-state index >= 15 is 0 Å². The van der Waals surface area contributed by atoms with Gasteiger partial charge in [-0.25, -0.2) is 0 Å². The van der Waals surface area contributed by atoms with Crippen molar-refractivity contribution in [1.82, 2.24) is 0 Å². The van der Waals surface area contributed by atoms with Crippen molar-refractivity contribution in [2.24, 2.45) is 0 Å². The Hall–Kier alpha value is -1.58. The number of ketones is 1. The zero-order valence-corrected chi connectivity index (χ0v) is 12.1. The van der Waals surface area contributed by atoms with E-state index < -0.39 is 0 Å². The maximum Gasteiger partial charge on any atom is 0.238 e. The van der Waals surface area contributed by atoms with Gasteiger partial charge in [0.2, 0.25) is 5.78 Å². The standard InChI is InChI=1S/C15H11ClO2S/c1-8-3-4-10-9(2)15(18-11(10)7-8)14(17)12-5-6-13(16)19-12/h3-7H,1-2H3. The molecule has 4 heteroatoms. The largest absolute Gasteiger partial charge is 0.452 e. The van der Waals surface area contributed by atoms with Gasteiger partial charge in [0.1, 0.15) is 5.58 Å². The Labute approximate surface area is 119 Å². The van der Waals surface area contributed by atoms with Crippen molar-refractivity contribution in [3.63, 3.8) is 0 Å². The zero-order valence-electron chi connectivity index (χ0n) is 10.5. The summed E-state index contributed by atoms with van der Waals surface area (Å²) in [5.41, 5.74) is 2.74. The highest BCUT2D eigenvalue weighted by Crippen LogP contribution is 2.30. The fraction of sp³-hybridized carbons (Fsp3) is 0.133. The predicted molar refractivity (Wildman–Crippen MR) is 78.4 cm³/mol.